The van der Waals surface area contributed by atoms with Crippen LogP contribution in [-0.2, 0) is 9.59 Å². The molecule has 0 bridgehead atoms. The number of aliphatic hydroxyl groups is 1. The van der Waals surface area contributed by atoms with Gasteiger partial charge in [-0.3, -0.25) is 9.59 Å². The molecule has 1 atom stereocenters. The number of hydrogen-bond acceptors (Lipinski definition) is 6. The lowest BCUT2D eigenvalue weighted by molar-refractivity contribution is -0.140. The number of benzene rings is 2. The largest absolute Gasteiger partial charge is 0.507 e. The van der Waals surface area contributed by atoms with Gasteiger partial charge in [0.25, 0.3) is 11.7 Å². The van der Waals surface area contributed by atoms with Gasteiger partial charge in [-0.2, -0.15) is 0 Å². The molecule has 1 fully saturated rings. The molecule has 35 heavy (non-hydrogen) atoms. The monoisotopic (exact) mass is 480 g/mol. The average Bonchev–Trinajstić information content (AvgIpc) is 3.11. The van der Waals surface area contributed by atoms with E-state index in [2.05, 4.69) is 18.7 Å². The van der Waals surface area contributed by atoms with Crippen molar-refractivity contribution in [3.8, 4) is 11.5 Å². The Bertz CT molecular complexity index is 1040. The molecule has 0 aliphatic carbocycles. The SMILES string of the molecule is CCN(CC)CCCN1C(=O)C(=O)C(=C(O)c2ccc(OC)cc2)[C@@H]1c1ccc(OC(C)C)cc1. The highest BCUT2D eigenvalue weighted by atomic mass is 16.5. The third-order valence-corrected chi connectivity index (χ3v) is 6.24. The Hall–Kier alpha value is -3.32. The van der Waals surface area contributed by atoms with Gasteiger partial charge in [-0.1, -0.05) is 26.0 Å². The minimum Gasteiger partial charge on any atom is -0.507 e. The van der Waals surface area contributed by atoms with Crippen molar-refractivity contribution in [3.63, 3.8) is 0 Å². The smallest absolute Gasteiger partial charge is 0.295 e. The number of amides is 1. The number of likely N-dealkylation sites (tertiary alicyclic amines) is 1. The van der Waals surface area contributed by atoms with Gasteiger partial charge in [0.05, 0.1) is 24.8 Å². The fraction of sp³-hybridized carbons (Fsp3) is 0.429. The van der Waals surface area contributed by atoms with E-state index in [1.54, 1.807) is 36.3 Å². The molecule has 7 heteroatoms. The molecule has 1 saturated heterocycles. The lowest BCUT2D eigenvalue weighted by Gasteiger charge is -2.27. The first kappa shape index (κ1) is 26.3. The van der Waals surface area contributed by atoms with Crippen molar-refractivity contribution in [2.45, 2.75) is 46.3 Å². The zero-order chi connectivity index (χ0) is 25.5. The maximum Gasteiger partial charge on any atom is 0.295 e. The van der Waals surface area contributed by atoms with E-state index in [0.717, 1.165) is 31.6 Å². The van der Waals surface area contributed by atoms with Gasteiger partial charge in [-0.25, -0.2) is 0 Å². The van der Waals surface area contributed by atoms with E-state index >= 15 is 0 Å². The number of ketones is 1. The van der Waals surface area contributed by atoms with E-state index in [1.807, 2.05) is 38.1 Å². The zero-order valence-electron chi connectivity index (χ0n) is 21.3. The Morgan fingerprint density at radius 1 is 1.00 bits per heavy atom. The molecule has 1 N–H and O–H groups in total. The predicted octanol–water partition coefficient (Wildman–Crippen LogP) is 4.64. The first-order chi connectivity index (χ1) is 16.8. The normalized spacial score (nSPS) is 17.5. The van der Waals surface area contributed by atoms with Crippen LogP contribution in [0, 0.1) is 0 Å². The highest BCUT2D eigenvalue weighted by molar-refractivity contribution is 6.46. The van der Waals surface area contributed by atoms with Crippen LogP contribution in [0.3, 0.4) is 0 Å². The maximum absolute atomic E-state index is 13.2. The van der Waals surface area contributed by atoms with Crippen LogP contribution in [0.1, 0.15) is 51.3 Å². The molecule has 3 rings (SSSR count). The summed E-state index contributed by atoms with van der Waals surface area (Å²) in [6.07, 6.45) is 0.754. The molecule has 1 amide bonds. The van der Waals surface area contributed by atoms with Gasteiger partial charge in [0.1, 0.15) is 17.3 Å². The Morgan fingerprint density at radius 3 is 2.14 bits per heavy atom. The van der Waals surface area contributed by atoms with Crippen LogP contribution in [0.5, 0.6) is 11.5 Å². The summed E-state index contributed by atoms with van der Waals surface area (Å²) in [7, 11) is 1.56. The fourth-order valence-electron chi connectivity index (χ4n) is 4.37. The molecule has 188 valence electrons. The molecule has 0 radical (unpaired) electrons. The number of carbonyl (C=O) groups excluding carboxylic acids is 2. The summed E-state index contributed by atoms with van der Waals surface area (Å²) in [4.78, 5) is 30.2. The summed E-state index contributed by atoms with van der Waals surface area (Å²) in [5.41, 5.74) is 1.30. The average molecular weight is 481 g/mol. The lowest BCUT2D eigenvalue weighted by Crippen LogP contribution is -2.33. The Morgan fingerprint density at radius 2 is 1.60 bits per heavy atom. The van der Waals surface area contributed by atoms with Crippen LogP contribution >= 0.6 is 0 Å². The van der Waals surface area contributed by atoms with E-state index in [9.17, 15) is 14.7 Å². The van der Waals surface area contributed by atoms with Gasteiger partial charge >= 0.3 is 0 Å². The standard InChI is InChI=1S/C28H36N2O5/c1-6-29(7-2)17-8-18-30-25(20-9-15-23(16-10-20)35-19(3)4)24(27(32)28(30)33)26(31)21-11-13-22(34-5)14-12-21/h9-16,19,25,31H,6-8,17-18H2,1-5H3/t25-/m0/s1. The predicted molar refractivity (Wildman–Crippen MR) is 137 cm³/mol. The van der Waals surface area contributed by atoms with Crippen LogP contribution in [0.25, 0.3) is 5.76 Å². The van der Waals surface area contributed by atoms with Crippen LogP contribution in [0.2, 0.25) is 0 Å². The Kier molecular flexibility index (Phi) is 8.93. The molecule has 7 nitrogen and oxygen atoms in total. The second kappa shape index (κ2) is 11.9. The Balaban J connectivity index is 2.01. The topological polar surface area (TPSA) is 79.3 Å². The molecule has 1 aliphatic heterocycles. The quantitative estimate of drug-likeness (QED) is 0.287. The van der Waals surface area contributed by atoms with Gasteiger partial charge in [-0.05, 0) is 81.9 Å². The summed E-state index contributed by atoms with van der Waals surface area (Å²) >= 11 is 0. The molecule has 1 heterocycles. The number of nitrogens with zero attached hydrogens (tertiary/aromatic N) is 2. The van der Waals surface area contributed by atoms with Gasteiger partial charge in [0.15, 0.2) is 0 Å². The van der Waals surface area contributed by atoms with Crippen molar-refractivity contribution in [1.82, 2.24) is 9.80 Å². The highest BCUT2D eigenvalue weighted by Crippen LogP contribution is 2.40. The first-order valence-electron chi connectivity index (χ1n) is 12.2. The van der Waals surface area contributed by atoms with Gasteiger partial charge in [0, 0.05) is 12.1 Å². The molecule has 2 aromatic carbocycles. The van der Waals surface area contributed by atoms with E-state index < -0.39 is 17.7 Å². The van der Waals surface area contributed by atoms with E-state index in [1.165, 1.54) is 0 Å². The molecule has 0 unspecified atom stereocenters. The maximum atomic E-state index is 13.2. The number of carbonyl (C=O) groups is 2. The number of rotatable bonds is 11. The Labute approximate surface area is 207 Å². The number of ether oxygens (including phenoxy) is 2. The van der Waals surface area contributed by atoms with E-state index in [4.69, 9.17) is 9.47 Å². The molecule has 0 saturated carbocycles. The summed E-state index contributed by atoms with van der Waals surface area (Å²) in [5.74, 6) is -0.112. The minimum atomic E-state index is -0.679. The van der Waals surface area contributed by atoms with Crippen molar-refractivity contribution < 1.29 is 24.2 Å². The van der Waals surface area contributed by atoms with Crippen molar-refractivity contribution in [2.75, 3.05) is 33.3 Å². The second-order valence-corrected chi connectivity index (χ2v) is 8.84. The van der Waals surface area contributed by atoms with Crippen LogP contribution in [0.4, 0.5) is 0 Å². The number of hydrogen-bond donors (Lipinski definition) is 1. The third kappa shape index (κ3) is 6.03. The van der Waals surface area contributed by atoms with Gasteiger partial charge in [-0.15, -0.1) is 0 Å². The number of Topliss-reactive ketones (excluding diaryl/α,β-unsaturated/α-hetero) is 1. The van der Waals surface area contributed by atoms with E-state index in [0.29, 0.717) is 23.6 Å². The molecule has 2 aromatic rings. The van der Waals surface area contributed by atoms with Crippen molar-refractivity contribution in [3.05, 3.63) is 65.2 Å². The van der Waals surface area contributed by atoms with Gasteiger partial charge in [0.2, 0.25) is 0 Å². The molecular weight excluding hydrogens is 444 g/mol. The summed E-state index contributed by atoms with van der Waals surface area (Å²) in [6.45, 7) is 11.2. The second-order valence-electron chi connectivity index (χ2n) is 8.84. The number of methoxy groups -OCH3 is 1. The fourth-order valence-corrected chi connectivity index (χ4v) is 4.37. The van der Waals surface area contributed by atoms with Crippen LogP contribution < -0.4 is 9.47 Å². The van der Waals surface area contributed by atoms with Crippen molar-refractivity contribution in [2.24, 2.45) is 0 Å². The van der Waals surface area contributed by atoms with Crippen LogP contribution in [-0.4, -0.2) is 66.0 Å². The molecule has 1 aliphatic rings. The highest BCUT2D eigenvalue weighted by Gasteiger charge is 2.45. The lowest BCUT2D eigenvalue weighted by atomic mass is 9.95. The number of aliphatic hydroxyl groups excluding tert-OH is 1. The van der Waals surface area contributed by atoms with Crippen LogP contribution in [0.15, 0.2) is 54.1 Å². The van der Waals surface area contributed by atoms with Crippen molar-refractivity contribution in [1.29, 1.82) is 0 Å². The van der Waals surface area contributed by atoms with Gasteiger partial charge < -0.3 is 24.4 Å². The zero-order valence-corrected chi connectivity index (χ0v) is 21.3. The van der Waals surface area contributed by atoms with Crippen molar-refractivity contribution >= 4 is 17.4 Å². The third-order valence-electron chi connectivity index (χ3n) is 6.24. The molecule has 0 aromatic heterocycles. The van der Waals surface area contributed by atoms with E-state index in [-0.39, 0.29) is 17.4 Å². The summed E-state index contributed by atoms with van der Waals surface area (Å²) in [6, 6.07) is 13.5. The minimum absolute atomic E-state index is 0.0293. The molecular formula is C28H36N2O5. The summed E-state index contributed by atoms with van der Waals surface area (Å²) in [5, 5.41) is 11.2. The first-order valence-corrected chi connectivity index (χ1v) is 12.2. The molecule has 0 spiro atoms. The summed E-state index contributed by atoms with van der Waals surface area (Å²) < 4.78 is 11.0.